The van der Waals surface area contributed by atoms with Crippen LogP contribution >= 0.6 is 12.4 Å². The van der Waals surface area contributed by atoms with Gasteiger partial charge in [0.05, 0.1) is 12.2 Å². The van der Waals surface area contributed by atoms with Gasteiger partial charge in [0.2, 0.25) is 0 Å². The molecule has 1 aliphatic heterocycles. The minimum absolute atomic E-state index is 0. The Labute approximate surface area is 149 Å². The summed E-state index contributed by atoms with van der Waals surface area (Å²) in [6.45, 7) is 1.81. The van der Waals surface area contributed by atoms with Gasteiger partial charge in [-0.15, -0.1) is 12.4 Å². The average molecular weight is 355 g/mol. The second-order valence-electron chi connectivity index (χ2n) is 6.56. The van der Waals surface area contributed by atoms with Gasteiger partial charge in [-0.1, -0.05) is 43.2 Å². The first kappa shape index (κ1) is 19.2. The molecular weight excluding hydrogens is 328 g/mol. The van der Waals surface area contributed by atoms with Gasteiger partial charge in [-0.2, -0.15) is 0 Å². The highest BCUT2D eigenvalue weighted by atomic mass is 35.5. The van der Waals surface area contributed by atoms with Crippen LogP contribution in [0.4, 0.5) is 0 Å². The number of nitrogens with one attached hydrogen (secondary N) is 2. The molecule has 0 bridgehead atoms. The van der Waals surface area contributed by atoms with E-state index < -0.39 is 6.10 Å². The molecular formula is C18H27ClN2O3. The van der Waals surface area contributed by atoms with Crippen LogP contribution in [-0.4, -0.2) is 42.9 Å². The van der Waals surface area contributed by atoms with Crippen molar-refractivity contribution in [3.63, 3.8) is 0 Å². The van der Waals surface area contributed by atoms with Crippen LogP contribution < -0.4 is 10.6 Å². The lowest BCUT2D eigenvalue weighted by molar-refractivity contribution is -0.137. The predicted molar refractivity (Wildman–Crippen MR) is 95.1 cm³/mol. The fourth-order valence-corrected chi connectivity index (χ4v) is 3.39. The van der Waals surface area contributed by atoms with Crippen LogP contribution in [0.1, 0.15) is 37.4 Å². The zero-order valence-corrected chi connectivity index (χ0v) is 14.6. The summed E-state index contributed by atoms with van der Waals surface area (Å²) in [7, 11) is 0. The molecule has 0 aromatic heterocycles. The summed E-state index contributed by atoms with van der Waals surface area (Å²) in [4.78, 5) is 12.7. The molecule has 1 aromatic carbocycles. The standard InChI is InChI=1S/C18H26N2O3.ClH/c21-16-12-19-10-14(16)11-20-18(22)17(13-6-2-1-3-7-13)23-15-8-4-5-9-15;/h1-3,6-7,14-17,19,21H,4-5,8-12H2,(H,20,22);1H. The van der Waals surface area contributed by atoms with E-state index in [0.717, 1.165) is 24.9 Å². The van der Waals surface area contributed by atoms with Crippen LogP contribution in [0.5, 0.6) is 0 Å². The number of carbonyl (C=O) groups excluding carboxylic acids is 1. The molecule has 5 nitrogen and oxygen atoms in total. The van der Waals surface area contributed by atoms with Crippen molar-refractivity contribution in [3.8, 4) is 0 Å². The van der Waals surface area contributed by atoms with E-state index >= 15 is 0 Å². The third-order valence-electron chi connectivity index (χ3n) is 4.81. The molecule has 134 valence electrons. The quantitative estimate of drug-likeness (QED) is 0.728. The number of carbonyl (C=O) groups is 1. The van der Waals surface area contributed by atoms with Gasteiger partial charge in [0.15, 0.2) is 6.10 Å². The molecule has 3 rings (SSSR count). The monoisotopic (exact) mass is 354 g/mol. The number of amides is 1. The Balaban J connectivity index is 0.00000208. The van der Waals surface area contributed by atoms with Gasteiger partial charge in [-0.25, -0.2) is 0 Å². The average Bonchev–Trinajstić information content (AvgIpc) is 3.23. The van der Waals surface area contributed by atoms with Crippen molar-refractivity contribution >= 4 is 18.3 Å². The summed E-state index contributed by atoms with van der Waals surface area (Å²) in [6.07, 6.45) is 3.63. The van der Waals surface area contributed by atoms with Gasteiger partial charge in [0, 0.05) is 25.6 Å². The number of aliphatic hydroxyl groups excluding tert-OH is 1. The molecule has 3 N–H and O–H groups in total. The zero-order chi connectivity index (χ0) is 16.1. The Hall–Kier alpha value is -1.14. The van der Waals surface area contributed by atoms with Crippen molar-refractivity contribution in [2.24, 2.45) is 5.92 Å². The van der Waals surface area contributed by atoms with Crippen molar-refractivity contribution < 1.29 is 14.6 Å². The lowest BCUT2D eigenvalue weighted by atomic mass is 10.1. The lowest BCUT2D eigenvalue weighted by Crippen LogP contribution is -2.38. The molecule has 0 radical (unpaired) electrons. The van der Waals surface area contributed by atoms with Crippen LogP contribution in [0.25, 0.3) is 0 Å². The number of benzene rings is 1. The molecule has 3 unspecified atom stereocenters. The Morgan fingerprint density at radius 1 is 1.25 bits per heavy atom. The van der Waals surface area contributed by atoms with Gasteiger partial charge >= 0.3 is 0 Å². The van der Waals surface area contributed by atoms with Crippen molar-refractivity contribution in [1.82, 2.24) is 10.6 Å². The topological polar surface area (TPSA) is 70.6 Å². The van der Waals surface area contributed by atoms with E-state index in [4.69, 9.17) is 4.74 Å². The molecule has 1 aromatic rings. The number of β-amino-alcohol motifs (C(OH)–C–C–N with tert-alkyl or cyclic N) is 1. The van der Waals surface area contributed by atoms with E-state index in [1.54, 1.807) is 0 Å². The third-order valence-corrected chi connectivity index (χ3v) is 4.81. The largest absolute Gasteiger partial charge is 0.391 e. The molecule has 1 amide bonds. The van der Waals surface area contributed by atoms with Crippen LogP contribution in [-0.2, 0) is 9.53 Å². The molecule has 2 aliphatic rings. The highest BCUT2D eigenvalue weighted by Gasteiger charge is 2.29. The highest BCUT2D eigenvalue weighted by molar-refractivity contribution is 5.85. The second-order valence-corrected chi connectivity index (χ2v) is 6.56. The number of aliphatic hydroxyl groups is 1. The van der Waals surface area contributed by atoms with Gasteiger partial charge in [-0.3, -0.25) is 4.79 Å². The smallest absolute Gasteiger partial charge is 0.253 e. The van der Waals surface area contributed by atoms with E-state index in [1.165, 1.54) is 12.8 Å². The summed E-state index contributed by atoms with van der Waals surface area (Å²) in [5.41, 5.74) is 0.891. The highest BCUT2D eigenvalue weighted by Crippen LogP contribution is 2.28. The maximum atomic E-state index is 12.7. The fraction of sp³-hybridized carbons (Fsp3) is 0.611. The van der Waals surface area contributed by atoms with Gasteiger partial charge in [-0.05, 0) is 18.4 Å². The maximum Gasteiger partial charge on any atom is 0.253 e. The van der Waals surface area contributed by atoms with Crippen LogP contribution in [0.2, 0.25) is 0 Å². The van der Waals surface area contributed by atoms with Gasteiger partial charge in [0.25, 0.3) is 5.91 Å². The van der Waals surface area contributed by atoms with E-state index in [1.807, 2.05) is 30.3 Å². The molecule has 24 heavy (non-hydrogen) atoms. The van der Waals surface area contributed by atoms with Crippen LogP contribution in [0, 0.1) is 5.92 Å². The molecule has 1 aliphatic carbocycles. The number of rotatable bonds is 6. The van der Waals surface area contributed by atoms with Crippen LogP contribution in [0.15, 0.2) is 30.3 Å². The Kier molecular flexibility index (Phi) is 7.49. The second kappa shape index (κ2) is 9.37. The molecule has 1 saturated carbocycles. The third kappa shape index (κ3) is 4.93. The molecule has 1 heterocycles. The minimum Gasteiger partial charge on any atom is -0.391 e. The van der Waals surface area contributed by atoms with Crippen molar-refractivity contribution in [3.05, 3.63) is 35.9 Å². The van der Waals surface area contributed by atoms with E-state index in [9.17, 15) is 9.90 Å². The maximum absolute atomic E-state index is 12.7. The number of hydrogen-bond acceptors (Lipinski definition) is 4. The predicted octanol–water partition coefficient (Wildman–Crippen LogP) is 1.81. The molecule has 2 fully saturated rings. The summed E-state index contributed by atoms with van der Waals surface area (Å²) >= 11 is 0. The number of halogens is 1. The van der Waals surface area contributed by atoms with Crippen LogP contribution in [0.3, 0.4) is 0 Å². The fourth-order valence-electron chi connectivity index (χ4n) is 3.39. The van der Waals surface area contributed by atoms with E-state index in [0.29, 0.717) is 13.1 Å². The van der Waals surface area contributed by atoms with E-state index in [-0.39, 0.29) is 36.4 Å². The first-order chi connectivity index (χ1) is 11.2. The number of ether oxygens (including phenoxy) is 1. The Morgan fingerprint density at radius 2 is 1.96 bits per heavy atom. The lowest BCUT2D eigenvalue weighted by Gasteiger charge is -2.23. The molecule has 6 heteroatoms. The summed E-state index contributed by atoms with van der Waals surface area (Å²) in [6, 6.07) is 9.67. The number of hydrogen-bond donors (Lipinski definition) is 3. The molecule has 3 atom stereocenters. The normalized spacial score (nSPS) is 25.2. The van der Waals surface area contributed by atoms with Crippen molar-refractivity contribution in [1.29, 1.82) is 0 Å². The van der Waals surface area contributed by atoms with Gasteiger partial charge in [0.1, 0.15) is 0 Å². The van der Waals surface area contributed by atoms with Crippen molar-refractivity contribution in [2.45, 2.75) is 44.0 Å². The minimum atomic E-state index is -0.564. The Morgan fingerprint density at radius 3 is 2.58 bits per heavy atom. The molecule has 0 spiro atoms. The van der Waals surface area contributed by atoms with E-state index in [2.05, 4.69) is 10.6 Å². The molecule has 1 saturated heterocycles. The summed E-state index contributed by atoms with van der Waals surface area (Å²) in [5, 5.41) is 15.9. The first-order valence-corrected chi connectivity index (χ1v) is 8.61. The SMILES string of the molecule is Cl.O=C(NCC1CNCC1O)C(OC1CCCC1)c1ccccc1. The summed E-state index contributed by atoms with van der Waals surface area (Å²) in [5.74, 6) is -0.0379. The summed E-state index contributed by atoms with van der Waals surface area (Å²) < 4.78 is 6.11. The zero-order valence-electron chi connectivity index (χ0n) is 13.8. The Bertz CT molecular complexity index is 508. The van der Waals surface area contributed by atoms with Crippen molar-refractivity contribution in [2.75, 3.05) is 19.6 Å². The first-order valence-electron chi connectivity index (χ1n) is 8.61. The van der Waals surface area contributed by atoms with Gasteiger partial charge < -0.3 is 20.5 Å².